The highest BCUT2D eigenvalue weighted by atomic mass is 127. The van der Waals surface area contributed by atoms with E-state index in [2.05, 4.69) is 27.3 Å². The summed E-state index contributed by atoms with van der Waals surface area (Å²) in [5.74, 6) is 0. The second-order valence-electron chi connectivity index (χ2n) is 4.95. The van der Waals surface area contributed by atoms with Crippen molar-refractivity contribution >= 4 is 32.6 Å². The fraction of sp³-hybridized carbons (Fsp3) is 0.538. The van der Waals surface area contributed by atoms with Gasteiger partial charge in [-0.2, -0.15) is 0 Å². The maximum absolute atomic E-state index is 11.9. The Balaban J connectivity index is 2.15. The molecule has 0 aliphatic carbocycles. The molecular weight excluding hydrogens is 377 g/mol. The van der Waals surface area contributed by atoms with E-state index in [4.69, 9.17) is 4.74 Å². The van der Waals surface area contributed by atoms with Crippen LogP contribution in [0.25, 0.3) is 0 Å². The van der Waals surface area contributed by atoms with Crippen LogP contribution in [0.15, 0.2) is 24.3 Å². The molecule has 0 radical (unpaired) electrons. The molecule has 2 rings (SSSR count). The first-order valence-electron chi connectivity index (χ1n) is 6.28. The van der Waals surface area contributed by atoms with Gasteiger partial charge in [-0.15, -0.1) is 0 Å². The molecule has 0 amide bonds. The van der Waals surface area contributed by atoms with Crippen LogP contribution in [0, 0.1) is 3.57 Å². The first kappa shape index (κ1) is 15.2. The molecule has 1 saturated heterocycles. The maximum atomic E-state index is 11.9. The minimum absolute atomic E-state index is 0.174. The van der Waals surface area contributed by atoms with Gasteiger partial charge in [-0.1, -0.05) is 12.1 Å². The molecule has 1 aliphatic rings. The van der Waals surface area contributed by atoms with Gasteiger partial charge in [-0.25, -0.2) is 13.1 Å². The summed E-state index contributed by atoms with van der Waals surface area (Å²) < 4.78 is 33.5. The largest absolute Gasteiger partial charge is 0.372 e. The van der Waals surface area contributed by atoms with Crippen LogP contribution in [-0.2, 0) is 14.8 Å². The van der Waals surface area contributed by atoms with E-state index in [1.54, 1.807) is 13.8 Å². The Labute approximate surface area is 128 Å². The predicted octanol–water partition coefficient (Wildman–Crippen LogP) is 2.45. The summed E-state index contributed by atoms with van der Waals surface area (Å²) in [6, 6.07) is 7.83. The number of sulfonamides is 1. The van der Waals surface area contributed by atoms with Gasteiger partial charge in [-0.3, -0.25) is 0 Å². The fourth-order valence-corrected chi connectivity index (χ4v) is 3.33. The Morgan fingerprint density at radius 1 is 1.32 bits per heavy atom. The van der Waals surface area contributed by atoms with Crippen molar-refractivity contribution in [2.24, 2.45) is 0 Å². The maximum Gasteiger partial charge on any atom is 0.214 e. The van der Waals surface area contributed by atoms with Crippen LogP contribution in [0.4, 0.5) is 0 Å². The molecule has 0 saturated carbocycles. The van der Waals surface area contributed by atoms with Crippen LogP contribution < -0.4 is 4.72 Å². The Morgan fingerprint density at radius 2 is 1.95 bits per heavy atom. The number of rotatable bonds is 4. The number of halogens is 1. The molecule has 1 heterocycles. The summed E-state index contributed by atoms with van der Waals surface area (Å²) in [5, 5.41) is -0.425. The van der Waals surface area contributed by atoms with E-state index in [0.717, 1.165) is 9.13 Å². The second-order valence-corrected chi connectivity index (χ2v) is 8.46. The highest BCUT2D eigenvalue weighted by molar-refractivity contribution is 14.1. The second kappa shape index (κ2) is 6.07. The van der Waals surface area contributed by atoms with Gasteiger partial charge < -0.3 is 4.74 Å². The molecule has 1 fully saturated rings. The van der Waals surface area contributed by atoms with Crippen molar-refractivity contribution in [3.05, 3.63) is 33.4 Å². The van der Waals surface area contributed by atoms with Gasteiger partial charge in [0, 0.05) is 10.2 Å². The summed E-state index contributed by atoms with van der Waals surface area (Å²) in [6.45, 7) is 3.94. The molecule has 19 heavy (non-hydrogen) atoms. The zero-order chi connectivity index (χ0) is 14.0. The summed E-state index contributed by atoms with van der Waals surface area (Å²) in [7, 11) is -3.26. The number of ether oxygens (including phenoxy) is 1. The van der Waals surface area contributed by atoms with E-state index < -0.39 is 15.3 Å². The smallest absolute Gasteiger partial charge is 0.214 e. The van der Waals surface area contributed by atoms with E-state index in [9.17, 15) is 8.42 Å². The van der Waals surface area contributed by atoms with Crippen LogP contribution in [0.3, 0.4) is 0 Å². The molecule has 1 aliphatic heterocycles. The molecule has 1 aromatic rings. The lowest BCUT2D eigenvalue weighted by Gasteiger charge is -2.21. The van der Waals surface area contributed by atoms with Gasteiger partial charge in [0.05, 0.1) is 17.4 Å². The first-order valence-corrected chi connectivity index (χ1v) is 8.91. The average molecular weight is 395 g/mol. The van der Waals surface area contributed by atoms with Crippen molar-refractivity contribution in [3.63, 3.8) is 0 Å². The third-order valence-corrected chi connectivity index (χ3v) is 5.82. The van der Waals surface area contributed by atoms with E-state index >= 15 is 0 Å². The van der Waals surface area contributed by atoms with Crippen molar-refractivity contribution < 1.29 is 13.2 Å². The van der Waals surface area contributed by atoms with E-state index in [0.29, 0.717) is 13.0 Å². The van der Waals surface area contributed by atoms with Crippen molar-refractivity contribution in [1.29, 1.82) is 0 Å². The number of hydrogen-bond donors (Lipinski definition) is 1. The van der Waals surface area contributed by atoms with Crippen LogP contribution in [-0.4, -0.2) is 26.3 Å². The van der Waals surface area contributed by atoms with Crippen molar-refractivity contribution in [2.75, 3.05) is 6.61 Å². The fourth-order valence-electron chi connectivity index (χ4n) is 2.04. The lowest BCUT2D eigenvalue weighted by atomic mass is 10.0. The summed E-state index contributed by atoms with van der Waals surface area (Å²) in [5.41, 5.74) is 1.02. The molecule has 1 N–H and O–H groups in total. The highest BCUT2D eigenvalue weighted by Crippen LogP contribution is 2.30. The average Bonchev–Trinajstić information content (AvgIpc) is 2.77. The molecule has 4 nitrogen and oxygen atoms in total. The molecule has 0 spiro atoms. The number of nitrogens with one attached hydrogen (secondary N) is 1. The van der Waals surface area contributed by atoms with E-state index in [-0.39, 0.29) is 12.1 Å². The van der Waals surface area contributed by atoms with Crippen LogP contribution in [0.2, 0.25) is 0 Å². The molecule has 2 atom stereocenters. The zero-order valence-electron chi connectivity index (χ0n) is 11.0. The lowest BCUT2D eigenvalue weighted by molar-refractivity contribution is 0.102. The molecule has 1 aromatic carbocycles. The SMILES string of the molecule is CC(C)S(=O)(=O)N[C@@H]1CCO[C@@H]1c1ccc(I)cc1. The normalized spacial score (nSPS) is 24.0. The lowest BCUT2D eigenvalue weighted by Crippen LogP contribution is -2.40. The van der Waals surface area contributed by atoms with Gasteiger partial charge in [0.15, 0.2) is 0 Å². The molecule has 0 unspecified atom stereocenters. The Morgan fingerprint density at radius 3 is 2.53 bits per heavy atom. The van der Waals surface area contributed by atoms with Gasteiger partial charge in [0.2, 0.25) is 10.0 Å². The van der Waals surface area contributed by atoms with Crippen molar-refractivity contribution in [2.45, 2.75) is 37.7 Å². The molecule has 106 valence electrons. The van der Waals surface area contributed by atoms with Gasteiger partial charge >= 0.3 is 0 Å². The van der Waals surface area contributed by atoms with Crippen LogP contribution >= 0.6 is 22.6 Å². The van der Waals surface area contributed by atoms with E-state index in [1.165, 1.54) is 0 Å². The minimum Gasteiger partial charge on any atom is -0.372 e. The topological polar surface area (TPSA) is 55.4 Å². The quantitative estimate of drug-likeness (QED) is 0.797. The van der Waals surface area contributed by atoms with Crippen LogP contribution in [0.1, 0.15) is 31.9 Å². The Bertz CT molecular complexity index is 527. The van der Waals surface area contributed by atoms with Gasteiger partial charge in [0.25, 0.3) is 0 Å². The number of benzene rings is 1. The van der Waals surface area contributed by atoms with Gasteiger partial charge in [-0.05, 0) is 60.6 Å². The minimum atomic E-state index is -3.26. The number of hydrogen-bond acceptors (Lipinski definition) is 3. The van der Waals surface area contributed by atoms with Gasteiger partial charge in [0.1, 0.15) is 0 Å². The van der Waals surface area contributed by atoms with Crippen LogP contribution in [0.5, 0.6) is 0 Å². The molecular formula is C13H18INO3S. The zero-order valence-corrected chi connectivity index (χ0v) is 13.9. The third-order valence-electron chi connectivity index (χ3n) is 3.23. The highest BCUT2D eigenvalue weighted by Gasteiger charge is 2.33. The molecule has 0 bridgehead atoms. The molecule has 0 aromatic heterocycles. The van der Waals surface area contributed by atoms with E-state index in [1.807, 2.05) is 24.3 Å². The summed E-state index contributed by atoms with van der Waals surface area (Å²) >= 11 is 2.24. The third kappa shape index (κ3) is 3.68. The summed E-state index contributed by atoms with van der Waals surface area (Å²) in [4.78, 5) is 0. The van der Waals surface area contributed by atoms with Crippen molar-refractivity contribution in [3.8, 4) is 0 Å². The summed E-state index contributed by atoms with van der Waals surface area (Å²) in [6.07, 6.45) is 0.522. The molecule has 6 heteroatoms. The standard InChI is InChI=1S/C13H18INO3S/c1-9(2)19(16,17)15-12-7-8-18-13(12)10-3-5-11(14)6-4-10/h3-6,9,12-13,15H,7-8H2,1-2H3/t12-,13-/m1/s1. The monoisotopic (exact) mass is 395 g/mol. The van der Waals surface area contributed by atoms with Crippen molar-refractivity contribution in [1.82, 2.24) is 4.72 Å². The first-order chi connectivity index (χ1) is 8.90. The Hall–Kier alpha value is -0.180. The predicted molar refractivity (Wildman–Crippen MR) is 83.4 cm³/mol. The Kier molecular flexibility index (Phi) is 4.86.